The summed E-state index contributed by atoms with van der Waals surface area (Å²) in [5, 5.41) is 0. The van der Waals surface area contributed by atoms with Crippen LogP contribution in [-0.4, -0.2) is 47.8 Å². The van der Waals surface area contributed by atoms with E-state index in [2.05, 4.69) is 0 Å². The van der Waals surface area contributed by atoms with Crippen LogP contribution < -0.4 is 0 Å². The number of piperazine rings is 1. The molecule has 1 aliphatic rings. The highest BCUT2D eigenvalue weighted by Crippen LogP contribution is 2.15. The van der Waals surface area contributed by atoms with Crippen molar-refractivity contribution in [2.24, 2.45) is 5.92 Å². The maximum absolute atomic E-state index is 13.6. The largest absolute Gasteiger partial charge is 0.339 e. The Morgan fingerprint density at radius 2 is 1.68 bits per heavy atom. The fourth-order valence-electron chi connectivity index (χ4n) is 2.47. The highest BCUT2D eigenvalue weighted by molar-refractivity contribution is 5.94. The molecule has 22 heavy (non-hydrogen) atoms. The average Bonchev–Trinajstić information content (AvgIpc) is 2.48. The SMILES string of the molecule is CC(C)CC(=O)N1CCN(C(=O)c2cc(F)ccc2F)CC1. The number of carbonyl (C=O) groups is 2. The van der Waals surface area contributed by atoms with Crippen molar-refractivity contribution in [2.75, 3.05) is 26.2 Å². The Kier molecular flexibility index (Phi) is 5.11. The van der Waals surface area contributed by atoms with E-state index < -0.39 is 17.5 Å². The van der Waals surface area contributed by atoms with Gasteiger partial charge < -0.3 is 9.80 Å². The molecule has 0 atom stereocenters. The van der Waals surface area contributed by atoms with Crippen LogP contribution in [0.1, 0.15) is 30.6 Å². The van der Waals surface area contributed by atoms with Crippen LogP contribution in [0.25, 0.3) is 0 Å². The Hall–Kier alpha value is -1.98. The van der Waals surface area contributed by atoms with Gasteiger partial charge in [-0.1, -0.05) is 13.8 Å². The zero-order chi connectivity index (χ0) is 16.3. The number of nitrogens with zero attached hydrogens (tertiary/aromatic N) is 2. The lowest BCUT2D eigenvalue weighted by Crippen LogP contribution is -2.50. The highest BCUT2D eigenvalue weighted by atomic mass is 19.1. The molecule has 1 heterocycles. The third-order valence-electron chi connectivity index (χ3n) is 3.66. The first-order chi connectivity index (χ1) is 10.4. The summed E-state index contributed by atoms with van der Waals surface area (Å²) < 4.78 is 26.8. The summed E-state index contributed by atoms with van der Waals surface area (Å²) in [5.74, 6) is -1.55. The summed E-state index contributed by atoms with van der Waals surface area (Å²) >= 11 is 0. The molecule has 1 saturated heterocycles. The van der Waals surface area contributed by atoms with Gasteiger partial charge in [0.2, 0.25) is 5.91 Å². The minimum absolute atomic E-state index is 0.0686. The predicted octanol–water partition coefficient (Wildman–Crippen LogP) is 2.30. The summed E-state index contributed by atoms with van der Waals surface area (Å²) in [4.78, 5) is 27.4. The number of hydrogen-bond donors (Lipinski definition) is 0. The van der Waals surface area contributed by atoms with Gasteiger partial charge in [-0.15, -0.1) is 0 Å². The molecule has 0 bridgehead atoms. The van der Waals surface area contributed by atoms with Crippen LogP contribution in [0.4, 0.5) is 8.78 Å². The molecule has 0 spiro atoms. The molecule has 2 rings (SSSR count). The number of amides is 2. The number of halogens is 2. The van der Waals surface area contributed by atoms with Crippen LogP contribution in [0.3, 0.4) is 0 Å². The van der Waals surface area contributed by atoms with Crippen LogP contribution >= 0.6 is 0 Å². The molecule has 0 aromatic heterocycles. The minimum atomic E-state index is -0.732. The van der Waals surface area contributed by atoms with Gasteiger partial charge in [0, 0.05) is 32.6 Å². The molecule has 1 fully saturated rings. The maximum Gasteiger partial charge on any atom is 0.257 e. The molecule has 0 saturated carbocycles. The second-order valence-electron chi connectivity index (χ2n) is 5.90. The number of hydrogen-bond acceptors (Lipinski definition) is 2. The molecule has 4 nitrogen and oxygen atoms in total. The third-order valence-corrected chi connectivity index (χ3v) is 3.66. The molecule has 1 aliphatic heterocycles. The first-order valence-electron chi connectivity index (χ1n) is 7.40. The molecule has 0 radical (unpaired) electrons. The smallest absolute Gasteiger partial charge is 0.257 e. The maximum atomic E-state index is 13.6. The lowest BCUT2D eigenvalue weighted by Gasteiger charge is -2.35. The van der Waals surface area contributed by atoms with Gasteiger partial charge >= 0.3 is 0 Å². The first kappa shape index (κ1) is 16.4. The Morgan fingerprint density at radius 3 is 2.27 bits per heavy atom. The van der Waals surface area contributed by atoms with E-state index in [9.17, 15) is 18.4 Å². The Bertz CT molecular complexity index is 567. The fraction of sp³-hybridized carbons (Fsp3) is 0.500. The van der Waals surface area contributed by atoms with Crippen molar-refractivity contribution in [3.8, 4) is 0 Å². The quantitative estimate of drug-likeness (QED) is 0.859. The van der Waals surface area contributed by atoms with Gasteiger partial charge in [0.15, 0.2) is 0 Å². The lowest BCUT2D eigenvalue weighted by molar-refractivity contribution is -0.133. The van der Waals surface area contributed by atoms with Gasteiger partial charge in [0.05, 0.1) is 5.56 Å². The van der Waals surface area contributed by atoms with E-state index in [0.29, 0.717) is 32.6 Å². The number of carbonyl (C=O) groups excluding carboxylic acids is 2. The summed E-state index contributed by atoms with van der Waals surface area (Å²) in [5.41, 5.74) is -0.262. The van der Waals surface area contributed by atoms with Crippen molar-refractivity contribution in [2.45, 2.75) is 20.3 Å². The Morgan fingerprint density at radius 1 is 1.09 bits per heavy atom. The van der Waals surface area contributed by atoms with Crippen molar-refractivity contribution in [3.63, 3.8) is 0 Å². The van der Waals surface area contributed by atoms with Crippen molar-refractivity contribution < 1.29 is 18.4 Å². The average molecular weight is 310 g/mol. The molecule has 1 aromatic carbocycles. The van der Waals surface area contributed by atoms with Gasteiger partial charge in [-0.05, 0) is 24.1 Å². The first-order valence-corrected chi connectivity index (χ1v) is 7.40. The monoisotopic (exact) mass is 310 g/mol. The van der Waals surface area contributed by atoms with Crippen molar-refractivity contribution in [1.29, 1.82) is 0 Å². The van der Waals surface area contributed by atoms with Crippen LogP contribution in [0.2, 0.25) is 0 Å². The van der Waals surface area contributed by atoms with Crippen LogP contribution in [0, 0.1) is 17.6 Å². The molecule has 6 heteroatoms. The molecular formula is C16H20F2N2O2. The van der Waals surface area contributed by atoms with E-state index in [0.717, 1.165) is 18.2 Å². The van der Waals surface area contributed by atoms with Gasteiger partial charge in [-0.3, -0.25) is 9.59 Å². The summed E-state index contributed by atoms with van der Waals surface area (Å²) in [6, 6.07) is 2.84. The van der Waals surface area contributed by atoms with Gasteiger partial charge in [0.1, 0.15) is 11.6 Å². The zero-order valence-electron chi connectivity index (χ0n) is 12.8. The van der Waals surface area contributed by atoms with Gasteiger partial charge in [-0.2, -0.15) is 0 Å². The molecule has 0 N–H and O–H groups in total. The van der Waals surface area contributed by atoms with Crippen LogP contribution in [0.5, 0.6) is 0 Å². The van der Waals surface area contributed by atoms with Crippen molar-refractivity contribution in [3.05, 3.63) is 35.4 Å². The molecule has 2 amide bonds. The topological polar surface area (TPSA) is 40.6 Å². The lowest BCUT2D eigenvalue weighted by atomic mass is 10.1. The van der Waals surface area contributed by atoms with E-state index in [4.69, 9.17) is 0 Å². The second-order valence-corrected chi connectivity index (χ2v) is 5.90. The summed E-state index contributed by atoms with van der Waals surface area (Å²) in [6.07, 6.45) is 0.479. The standard InChI is InChI=1S/C16H20F2N2O2/c1-11(2)9-15(21)19-5-7-20(8-6-19)16(22)13-10-12(17)3-4-14(13)18/h3-4,10-11H,5-9H2,1-2H3. The van der Waals surface area contributed by atoms with E-state index in [1.54, 1.807) is 4.90 Å². The highest BCUT2D eigenvalue weighted by Gasteiger charge is 2.26. The normalized spacial score (nSPS) is 15.3. The third kappa shape index (κ3) is 3.81. The van der Waals surface area contributed by atoms with Crippen molar-refractivity contribution in [1.82, 2.24) is 9.80 Å². The molecule has 120 valence electrons. The predicted molar refractivity (Wildman–Crippen MR) is 78.3 cm³/mol. The van der Waals surface area contributed by atoms with E-state index in [-0.39, 0.29) is 17.4 Å². The van der Waals surface area contributed by atoms with E-state index in [1.807, 2.05) is 13.8 Å². The molecule has 0 unspecified atom stereocenters. The minimum Gasteiger partial charge on any atom is -0.339 e. The molecule has 1 aromatic rings. The summed E-state index contributed by atoms with van der Waals surface area (Å²) in [6.45, 7) is 5.47. The summed E-state index contributed by atoms with van der Waals surface area (Å²) in [7, 11) is 0. The Labute approximate surface area is 128 Å². The van der Waals surface area contributed by atoms with E-state index in [1.165, 1.54) is 4.90 Å². The van der Waals surface area contributed by atoms with Crippen LogP contribution in [0.15, 0.2) is 18.2 Å². The number of rotatable bonds is 3. The molecular weight excluding hydrogens is 290 g/mol. The fourth-order valence-corrected chi connectivity index (χ4v) is 2.47. The van der Waals surface area contributed by atoms with Gasteiger partial charge in [0.25, 0.3) is 5.91 Å². The van der Waals surface area contributed by atoms with E-state index >= 15 is 0 Å². The zero-order valence-corrected chi connectivity index (χ0v) is 12.8. The second kappa shape index (κ2) is 6.85. The van der Waals surface area contributed by atoms with Gasteiger partial charge in [-0.25, -0.2) is 8.78 Å². The van der Waals surface area contributed by atoms with Crippen molar-refractivity contribution >= 4 is 11.8 Å². The number of benzene rings is 1. The Balaban J connectivity index is 1.98. The van der Waals surface area contributed by atoms with Crippen LogP contribution in [-0.2, 0) is 4.79 Å². The molecule has 0 aliphatic carbocycles.